The van der Waals surface area contributed by atoms with Gasteiger partial charge in [0.25, 0.3) is 5.91 Å². The van der Waals surface area contributed by atoms with Gasteiger partial charge in [-0.15, -0.1) is 0 Å². The van der Waals surface area contributed by atoms with Gasteiger partial charge in [0.15, 0.2) is 6.10 Å². The second-order valence-corrected chi connectivity index (χ2v) is 6.29. The van der Waals surface area contributed by atoms with Gasteiger partial charge in [-0.2, -0.15) is 0 Å². The molecule has 0 saturated heterocycles. The first-order valence-electron chi connectivity index (χ1n) is 7.50. The van der Waals surface area contributed by atoms with E-state index in [1.54, 1.807) is 25.1 Å². The van der Waals surface area contributed by atoms with E-state index in [4.69, 9.17) is 27.9 Å². The molecule has 1 amide bonds. The number of nitrogens with one attached hydrogen (secondary N) is 1. The first-order chi connectivity index (χ1) is 11.8. The molecule has 0 aromatic heterocycles. The minimum absolute atomic E-state index is 0.162. The Labute approximate surface area is 154 Å². The average Bonchev–Trinajstić information content (AvgIpc) is 2.55. The number of esters is 1. The van der Waals surface area contributed by atoms with Crippen molar-refractivity contribution in [2.75, 3.05) is 0 Å². The molecular formula is C18H16Cl2FNO3. The van der Waals surface area contributed by atoms with Crippen LogP contribution in [-0.4, -0.2) is 18.0 Å². The maximum atomic E-state index is 12.9. The zero-order valence-electron chi connectivity index (χ0n) is 13.6. The van der Waals surface area contributed by atoms with Gasteiger partial charge in [0.1, 0.15) is 5.82 Å². The summed E-state index contributed by atoms with van der Waals surface area (Å²) in [6, 6.07) is 9.44. The Morgan fingerprint density at radius 2 is 1.72 bits per heavy atom. The van der Waals surface area contributed by atoms with Gasteiger partial charge in [0, 0.05) is 10.0 Å². The van der Waals surface area contributed by atoms with Crippen LogP contribution in [0.1, 0.15) is 35.8 Å². The number of carbonyl (C=O) groups excluding carboxylic acids is 2. The second kappa shape index (κ2) is 8.32. The normalized spacial score (nSPS) is 13.0. The van der Waals surface area contributed by atoms with Crippen LogP contribution in [0.25, 0.3) is 0 Å². The van der Waals surface area contributed by atoms with Crippen molar-refractivity contribution in [2.24, 2.45) is 0 Å². The van der Waals surface area contributed by atoms with Gasteiger partial charge in [0.2, 0.25) is 0 Å². The summed E-state index contributed by atoms with van der Waals surface area (Å²) in [5.74, 6) is -1.65. The largest absolute Gasteiger partial charge is 0.449 e. The smallest absolute Gasteiger partial charge is 0.338 e. The van der Waals surface area contributed by atoms with Gasteiger partial charge in [-0.1, -0.05) is 29.3 Å². The van der Waals surface area contributed by atoms with E-state index in [1.807, 2.05) is 0 Å². The van der Waals surface area contributed by atoms with Crippen molar-refractivity contribution in [1.29, 1.82) is 0 Å². The summed E-state index contributed by atoms with van der Waals surface area (Å²) in [4.78, 5) is 24.2. The predicted octanol–water partition coefficient (Wildman–Crippen LogP) is 4.56. The summed E-state index contributed by atoms with van der Waals surface area (Å²) >= 11 is 12.0. The molecule has 0 unspecified atom stereocenters. The van der Waals surface area contributed by atoms with E-state index >= 15 is 0 Å². The Morgan fingerprint density at radius 1 is 1.08 bits per heavy atom. The molecule has 0 aliphatic rings. The van der Waals surface area contributed by atoms with Crippen LogP contribution in [0.3, 0.4) is 0 Å². The van der Waals surface area contributed by atoms with Crippen molar-refractivity contribution in [1.82, 2.24) is 5.32 Å². The monoisotopic (exact) mass is 383 g/mol. The summed E-state index contributed by atoms with van der Waals surface area (Å²) in [7, 11) is 0. The van der Waals surface area contributed by atoms with Crippen molar-refractivity contribution < 1.29 is 18.7 Å². The molecule has 4 nitrogen and oxygen atoms in total. The lowest BCUT2D eigenvalue weighted by atomic mass is 10.1. The SMILES string of the molecule is C[C@H](NC(=O)[C@@H](C)OC(=O)c1ccc(F)cc1)c1ccc(Cl)cc1Cl. The topological polar surface area (TPSA) is 55.4 Å². The molecule has 0 heterocycles. The van der Waals surface area contributed by atoms with Crippen LogP contribution in [-0.2, 0) is 9.53 Å². The molecular weight excluding hydrogens is 368 g/mol. The molecule has 7 heteroatoms. The molecule has 0 aliphatic heterocycles. The number of amides is 1. The van der Waals surface area contributed by atoms with Gasteiger partial charge in [-0.05, 0) is 55.8 Å². The zero-order chi connectivity index (χ0) is 18.6. The Bertz CT molecular complexity index is 780. The number of benzene rings is 2. The first-order valence-corrected chi connectivity index (χ1v) is 8.25. The molecule has 0 bridgehead atoms. The van der Waals surface area contributed by atoms with Crippen LogP contribution < -0.4 is 5.32 Å². The molecule has 0 saturated carbocycles. The van der Waals surface area contributed by atoms with Crippen molar-refractivity contribution >= 4 is 35.1 Å². The Morgan fingerprint density at radius 3 is 2.32 bits per heavy atom. The molecule has 0 aliphatic carbocycles. The minimum Gasteiger partial charge on any atom is -0.449 e. The van der Waals surface area contributed by atoms with Crippen LogP contribution >= 0.6 is 23.2 Å². The lowest BCUT2D eigenvalue weighted by molar-refractivity contribution is -0.129. The highest BCUT2D eigenvalue weighted by atomic mass is 35.5. The highest BCUT2D eigenvalue weighted by molar-refractivity contribution is 6.35. The Balaban J connectivity index is 1.97. The molecule has 2 aromatic rings. The van der Waals surface area contributed by atoms with Gasteiger partial charge >= 0.3 is 5.97 Å². The lowest BCUT2D eigenvalue weighted by Gasteiger charge is -2.19. The Kier molecular flexibility index (Phi) is 6.39. The third-order valence-electron chi connectivity index (χ3n) is 3.52. The van der Waals surface area contributed by atoms with Crippen LogP contribution in [0.4, 0.5) is 4.39 Å². The van der Waals surface area contributed by atoms with Gasteiger partial charge in [-0.3, -0.25) is 4.79 Å². The third kappa shape index (κ3) is 5.18. The molecule has 0 radical (unpaired) electrons. The predicted molar refractivity (Wildman–Crippen MR) is 94.3 cm³/mol. The van der Waals surface area contributed by atoms with Crippen molar-refractivity contribution in [3.8, 4) is 0 Å². The van der Waals surface area contributed by atoms with Crippen LogP contribution in [0.15, 0.2) is 42.5 Å². The standard InChI is InChI=1S/C18H16Cl2FNO3/c1-10(15-8-5-13(19)9-16(15)20)22-17(23)11(2)25-18(24)12-3-6-14(21)7-4-12/h3-11H,1-2H3,(H,22,23)/t10-,11+/m0/s1. The summed E-state index contributed by atoms with van der Waals surface area (Å²) in [6.07, 6.45) is -1.02. The number of halogens is 3. The quantitative estimate of drug-likeness (QED) is 0.770. The fourth-order valence-electron chi connectivity index (χ4n) is 2.13. The molecule has 2 aromatic carbocycles. The van der Waals surface area contributed by atoms with E-state index in [-0.39, 0.29) is 5.56 Å². The van der Waals surface area contributed by atoms with E-state index in [0.29, 0.717) is 15.6 Å². The number of hydrogen-bond acceptors (Lipinski definition) is 3. The van der Waals surface area contributed by atoms with Crippen molar-refractivity contribution in [3.05, 3.63) is 69.5 Å². The van der Waals surface area contributed by atoms with E-state index < -0.39 is 29.8 Å². The van der Waals surface area contributed by atoms with E-state index in [1.165, 1.54) is 19.1 Å². The van der Waals surface area contributed by atoms with Crippen LogP contribution in [0.5, 0.6) is 0 Å². The number of hydrogen-bond donors (Lipinski definition) is 1. The molecule has 0 fully saturated rings. The lowest BCUT2D eigenvalue weighted by Crippen LogP contribution is -2.37. The number of ether oxygens (including phenoxy) is 1. The van der Waals surface area contributed by atoms with E-state index in [2.05, 4.69) is 5.32 Å². The van der Waals surface area contributed by atoms with Crippen molar-refractivity contribution in [2.45, 2.75) is 26.0 Å². The maximum absolute atomic E-state index is 12.9. The molecule has 2 atom stereocenters. The molecule has 1 N–H and O–H groups in total. The summed E-state index contributed by atoms with van der Waals surface area (Å²) in [5, 5.41) is 3.64. The summed E-state index contributed by atoms with van der Waals surface area (Å²) < 4.78 is 18.0. The number of rotatable bonds is 5. The highest BCUT2D eigenvalue weighted by Crippen LogP contribution is 2.26. The fraction of sp³-hybridized carbons (Fsp3) is 0.222. The summed E-state index contributed by atoms with van der Waals surface area (Å²) in [6.45, 7) is 3.20. The maximum Gasteiger partial charge on any atom is 0.338 e. The van der Waals surface area contributed by atoms with Gasteiger partial charge in [0.05, 0.1) is 11.6 Å². The molecule has 132 valence electrons. The first kappa shape index (κ1) is 19.2. The average molecular weight is 384 g/mol. The fourth-order valence-corrected chi connectivity index (χ4v) is 2.70. The molecule has 0 spiro atoms. The summed E-state index contributed by atoms with van der Waals surface area (Å²) in [5.41, 5.74) is 0.853. The van der Waals surface area contributed by atoms with Gasteiger partial charge < -0.3 is 10.1 Å². The van der Waals surface area contributed by atoms with Crippen molar-refractivity contribution in [3.63, 3.8) is 0 Å². The Hall–Kier alpha value is -2.11. The highest BCUT2D eigenvalue weighted by Gasteiger charge is 2.21. The second-order valence-electron chi connectivity index (χ2n) is 5.45. The third-order valence-corrected chi connectivity index (χ3v) is 4.08. The number of carbonyl (C=O) groups is 2. The van der Waals surface area contributed by atoms with Crippen LogP contribution in [0, 0.1) is 5.82 Å². The van der Waals surface area contributed by atoms with Crippen LogP contribution in [0.2, 0.25) is 10.0 Å². The molecule has 2 rings (SSSR count). The molecule has 25 heavy (non-hydrogen) atoms. The minimum atomic E-state index is -1.02. The van der Waals surface area contributed by atoms with E-state index in [9.17, 15) is 14.0 Å². The van der Waals surface area contributed by atoms with Gasteiger partial charge in [-0.25, -0.2) is 9.18 Å². The van der Waals surface area contributed by atoms with E-state index in [0.717, 1.165) is 12.1 Å². The zero-order valence-corrected chi connectivity index (χ0v) is 15.1.